The van der Waals surface area contributed by atoms with Gasteiger partial charge in [0.1, 0.15) is 0 Å². The Morgan fingerprint density at radius 3 is 2.68 bits per heavy atom. The van der Waals surface area contributed by atoms with Crippen molar-refractivity contribution < 1.29 is 9.90 Å². The van der Waals surface area contributed by atoms with Crippen LogP contribution in [-0.4, -0.2) is 41.7 Å². The van der Waals surface area contributed by atoms with Gasteiger partial charge in [-0.25, -0.2) is 4.79 Å². The second kappa shape index (κ2) is 8.30. The molecule has 22 heavy (non-hydrogen) atoms. The monoisotopic (exact) mass is 304 g/mol. The topological polar surface area (TPSA) is 52.6 Å². The van der Waals surface area contributed by atoms with Gasteiger partial charge < -0.3 is 15.3 Å². The highest BCUT2D eigenvalue weighted by molar-refractivity contribution is 5.87. The number of carboxylic acids is 1. The molecule has 0 saturated carbocycles. The van der Waals surface area contributed by atoms with Crippen LogP contribution in [-0.2, 0) is 6.54 Å². The zero-order chi connectivity index (χ0) is 15.9. The van der Waals surface area contributed by atoms with Gasteiger partial charge in [-0.15, -0.1) is 0 Å². The highest BCUT2D eigenvalue weighted by Gasteiger charge is 2.18. The molecule has 0 bridgehead atoms. The van der Waals surface area contributed by atoms with E-state index in [4.69, 9.17) is 5.11 Å². The summed E-state index contributed by atoms with van der Waals surface area (Å²) in [6.07, 6.45) is 3.78. The van der Waals surface area contributed by atoms with Crippen LogP contribution in [0, 0.1) is 5.92 Å². The number of nitrogens with zero attached hydrogens (tertiary/aromatic N) is 1. The molecule has 4 nitrogen and oxygen atoms in total. The van der Waals surface area contributed by atoms with Gasteiger partial charge >= 0.3 is 5.97 Å². The molecule has 0 radical (unpaired) electrons. The van der Waals surface area contributed by atoms with E-state index in [0.717, 1.165) is 25.1 Å². The number of hydrogen-bond acceptors (Lipinski definition) is 3. The van der Waals surface area contributed by atoms with Gasteiger partial charge in [0.25, 0.3) is 0 Å². The quantitative estimate of drug-likeness (QED) is 0.775. The first kappa shape index (κ1) is 17.0. The molecule has 2 rings (SSSR count). The summed E-state index contributed by atoms with van der Waals surface area (Å²) in [5.41, 5.74) is 1.40. The van der Waals surface area contributed by atoms with Crippen molar-refractivity contribution in [3.05, 3.63) is 35.4 Å². The van der Waals surface area contributed by atoms with Crippen molar-refractivity contribution >= 4 is 5.97 Å². The van der Waals surface area contributed by atoms with Crippen LogP contribution >= 0.6 is 0 Å². The maximum absolute atomic E-state index is 11.0. The largest absolute Gasteiger partial charge is 0.478 e. The van der Waals surface area contributed by atoms with Gasteiger partial charge in [0.15, 0.2) is 0 Å². The Morgan fingerprint density at radius 1 is 1.32 bits per heavy atom. The molecule has 1 aliphatic rings. The van der Waals surface area contributed by atoms with Crippen LogP contribution in [0.1, 0.15) is 49.0 Å². The maximum atomic E-state index is 11.0. The van der Waals surface area contributed by atoms with Gasteiger partial charge in [-0.2, -0.15) is 0 Å². The zero-order valence-electron chi connectivity index (χ0n) is 13.7. The Hall–Kier alpha value is -1.39. The highest BCUT2D eigenvalue weighted by atomic mass is 16.4. The number of carboxylic acid groups (broad SMARTS) is 1. The second-order valence-corrected chi connectivity index (χ2v) is 6.72. The molecule has 4 heteroatoms. The molecule has 1 aromatic rings. The Kier molecular flexibility index (Phi) is 6.40. The van der Waals surface area contributed by atoms with Gasteiger partial charge in [0.05, 0.1) is 5.56 Å². The van der Waals surface area contributed by atoms with Gasteiger partial charge in [-0.05, 0) is 56.0 Å². The van der Waals surface area contributed by atoms with Crippen LogP contribution in [0.5, 0.6) is 0 Å². The molecule has 0 aromatic heterocycles. The summed E-state index contributed by atoms with van der Waals surface area (Å²) in [4.78, 5) is 13.6. The first-order chi connectivity index (χ1) is 10.5. The molecule has 0 spiro atoms. The van der Waals surface area contributed by atoms with Crippen LogP contribution in [0.2, 0.25) is 0 Å². The number of nitrogens with one attached hydrogen (secondary N) is 1. The number of likely N-dealkylation sites (tertiary alicyclic amines) is 1. The molecular formula is C18H28N2O2. The third-order valence-corrected chi connectivity index (χ3v) is 4.20. The molecular weight excluding hydrogens is 276 g/mol. The van der Waals surface area contributed by atoms with Gasteiger partial charge in [-0.1, -0.05) is 26.0 Å². The second-order valence-electron chi connectivity index (χ2n) is 6.72. The summed E-state index contributed by atoms with van der Waals surface area (Å²) in [6.45, 7) is 8.76. The Morgan fingerprint density at radius 2 is 2.05 bits per heavy atom. The summed E-state index contributed by atoms with van der Waals surface area (Å²) < 4.78 is 0. The van der Waals surface area contributed by atoms with Gasteiger partial charge in [0, 0.05) is 19.1 Å². The standard InChI is InChI=1S/C18H28N2O2/c1-14(2)10-17(13-20-8-3-4-9-20)19-12-15-6-5-7-16(11-15)18(21)22/h5-7,11,14,17,19H,3-4,8-10,12-13H2,1-2H3,(H,21,22)/t17-/m0/s1. The van der Waals surface area contributed by atoms with E-state index >= 15 is 0 Å². The van der Waals surface area contributed by atoms with Crippen molar-refractivity contribution in [3.63, 3.8) is 0 Å². The van der Waals surface area contributed by atoms with E-state index in [0.29, 0.717) is 17.5 Å². The molecule has 0 aliphatic carbocycles. The van der Waals surface area contributed by atoms with Crippen molar-refractivity contribution in [2.24, 2.45) is 5.92 Å². The van der Waals surface area contributed by atoms with Gasteiger partial charge in [0.2, 0.25) is 0 Å². The van der Waals surface area contributed by atoms with Crippen LogP contribution in [0.25, 0.3) is 0 Å². The lowest BCUT2D eigenvalue weighted by molar-refractivity contribution is 0.0696. The van der Waals surface area contributed by atoms with Crippen molar-refractivity contribution in [3.8, 4) is 0 Å². The van der Waals surface area contributed by atoms with Crippen LogP contribution in [0.3, 0.4) is 0 Å². The molecule has 1 aromatic carbocycles. The van der Waals surface area contributed by atoms with E-state index in [2.05, 4.69) is 24.1 Å². The third kappa shape index (κ3) is 5.43. The first-order valence-electron chi connectivity index (χ1n) is 8.32. The Bertz CT molecular complexity index is 482. The minimum Gasteiger partial charge on any atom is -0.478 e. The molecule has 2 N–H and O–H groups in total. The Labute approximate surface area is 133 Å². The number of hydrogen-bond donors (Lipinski definition) is 2. The van der Waals surface area contributed by atoms with E-state index < -0.39 is 5.97 Å². The number of benzene rings is 1. The smallest absolute Gasteiger partial charge is 0.335 e. The SMILES string of the molecule is CC(C)C[C@@H](CN1CCCC1)NCc1cccc(C(=O)O)c1. The highest BCUT2D eigenvalue weighted by Crippen LogP contribution is 2.13. The molecule has 0 amide bonds. The van der Waals surface area contributed by atoms with Crippen LogP contribution in [0.15, 0.2) is 24.3 Å². The molecule has 1 aliphatic heterocycles. The van der Waals surface area contributed by atoms with E-state index in [1.54, 1.807) is 12.1 Å². The lowest BCUT2D eigenvalue weighted by Crippen LogP contribution is -2.40. The summed E-state index contributed by atoms with van der Waals surface area (Å²) in [5.74, 6) is -0.205. The van der Waals surface area contributed by atoms with Crippen LogP contribution in [0.4, 0.5) is 0 Å². The summed E-state index contributed by atoms with van der Waals surface area (Å²) in [7, 11) is 0. The molecule has 0 unspecified atom stereocenters. The average Bonchev–Trinajstić information content (AvgIpc) is 2.97. The molecule has 1 atom stereocenters. The number of aromatic carboxylic acids is 1. The predicted octanol–water partition coefficient (Wildman–Crippen LogP) is 2.98. The van der Waals surface area contributed by atoms with Gasteiger partial charge in [-0.3, -0.25) is 0 Å². The fourth-order valence-electron chi connectivity index (χ4n) is 3.14. The molecule has 1 fully saturated rings. The summed E-state index contributed by atoms with van der Waals surface area (Å²) >= 11 is 0. The fraction of sp³-hybridized carbons (Fsp3) is 0.611. The van der Waals surface area contributed by atoms with Crippen LogP contribution < -0.4 is 5.32 Å². The minimum absolute atomic E-state index is 0.360. The van der Waals surface area contributed by atoms with E-state index in [-0.39, 0.29) is 0 Å². The normalized spacial score (nSPS) is 17.0. The molecule has 1 saturated heterocycles. The van der Waals surface area contributed by atoms with E-state index in [9.17, 15) is 4.79 Å². The van der Waals surface area contributed by atoms with Crippen molar-refractivity contribution in [1.29, 1.82) is 0 Å². The van der Waals surface area contributed by atoms with E-state index in [1.807, 2.05) is 12.1 Å². The lowest BCUT2D eigenvalue weighted by Gasteiger charge is -2.26. The Balaban J connectivity index is 1.91. The third-order valence-electron chi connectivity index (χ3n) is 4.20. The number of carbonyl (C=O) groups is 1. The van der Waals surface area contributed by atoms with Crippen molar-refractivity contribution in [2.75, 3.05) is 19.6 Å². The first-order valence-corrected chi connectivity index (χ1v) is 8.32. The predicted molar refractivity (Wildman–Crippen MR) is 89.2 cm³/mol. The minimum atomic E-state index is -0.863. The summed E-state index contributed by atoms with van der Waals surface area (Å²) in [6, 6.07) is 7.67. The molecule has 1 heterocycles. The fourth-order valence-corrected chi connectivity index (χ4v) is 3.14. The molecule has 122 valence electrons. The zero-order valence-corrected chi connectivity index (χ0v) is 13.7. The summed E-state index contributed by atoms with van der Waals surface area (Å²) in [5, 5.41) is 12.7. The average molecular weight is 304 g/mol. The van der Waals surface area contributed by atoms with Crippen molar-refractivity contribution in [2.45, 2.75) is 45.7 Å². The number of rotatable bonds is 8. The lowest BCUT2D eigenvalue weighted by atomic mass is 10.0. The van der Waals surface area contributed by atoms with Crippen molar-refractivity contribution in [1.82, 2.24) is 10.2 Å². The van der Waals surface area contributed by atoms with E-state index in [1.165, 1.54) is 25.9 Å². The maximum Gasteiger partial charge on any atom is 0.335 e.